The number of ether oxygens (including phenoxy) is 1. The van der Waals surface area contributed by atoms with E-state index >= 15 is 0 Å². The van der Waals surface area contributed by atoms with Crippen LogP contribution in [-0.2, 0) is 16.6 Å². The van der Waals surface area contributed by atoms with Gasteiger partial charge >= 0.3 is 0 Å². The van der Waals surface area contributed by atoms with E-state index in [-0.39, 0.29) is 11.9 Å². The molecule has 2 fully saturated rings. The highest BCUT2D eigenvalue weighted by Gasteiger charge is 2.48. The molecule has 1 aliphatic heterocycles. The fourth-order valence-corrected chi connectivity index (χ4v) is 6.58. The molecule has 0 radical (unpaired) electrons. The Morgan fingerprint density at radius 3 is 2.81 bits per heavy atom. The molecule has 4 heterocycles. The number of hydrogen-bond acceptors (Lipinski definition) is 8. The van der Waals surface area contributed by atoms with Crippen LogP contribution in [0.15, 0.2) is 27.5 Å². The summed E-state index contributed by atoms with van der Waals surface area (Å²) in [7, 11) is 2.14. The molecule has 0 bridgehead atoms. The van der Waals surface area contributed by atoms with Crippen LogP contribution in [0.25, 0.3) is 17.3 Å². The zero-order valence-corrected chi connectivity index (χ0v) is 22.3. The van der Waals surface area contributed by atoms with E-state index in [9.17, 15) is 4.79 Å². The van der Waals surface area contributed by atoms with Crippen LogP contribution in [0.3, 0.4) is 0 Å². The summed E-state index contributed by atoms with van der Waals surface area (Å²) < 4.78 is 14.7. The summed E-state index contributed by atoms with van der Waals surface area (Å²) in [6, 6.07) is 4.00. The molecule has 0 unspecified atom stereocenters. The Morgan fingerprint density at radius 2 is 2.06 bits per heavy atom. The van der Waals surface area contributed by atoms with Crippen molar-refractivity contribution in [1.29, 1.82) is 0 Å². The van der Waals surface area contributed by atoms with Gasteiger partial charge in [0.05, 0.1) is 5.41 Å². The van der Waals surface area contributed by atoms with Gasteiger partial charge in [0.15, 0.2) is 23.1 Å². The highest BCUT2D eigenvalue weighted by atomic mass is 79.9. The van der Waals surface area contributed by atoms with Gasteiger partial charge in [-0.2, -0.15) is 10.1 Å². The van der Waals surface area contributed by atoms with Crippen LogP contribution in [-0.4, -0.2) is 61.3 Å². The number of ketones is 1. The Hall–Kier alpha value is -2.59. The lowest BCUT2D eigenvalue weighted by Crippen LogP contribution is -2.41. The van der Waals surface area contributed by atoms with E-state index in [1.54, 1.807) is 4.68 Å². The molecule has 1 saturated heterocycles. The maximum atomic E-state index is 13.1. The highest BCUT2D eigenvalue weighted by Crippen LogP contribution is 2.47. The fourth-order valence-electron chi connectivity index (χ4n) is 6.29. The molecule has 3 aromatic heterocycles. The second-order valence-corrected chi connectivity index (χ2v) is 11.2. The quantitative estimate of drug-likeness (QED) is 0.449. The first kappa shape index (κ1) is 23.8. The van der Waals surface area contributed by atoms with Crippen LogP contribution in [0.1, 0.15) is 69.6 Å². The van der Waals surface area contributed by atoms with Crippen molar-refractivity contribution in [3.63, 3.8) is 0 Å². The van der Waals surface area contributed by atoms with E-state index < -0.39 is 5.41 Å². The van der Waals surface area contributed by atoms with Crippen molar-refractivity contribution in [2.24, 2.45) is 0 Å². The molecule has 3 atom stereocenters. The number of likely N-dealkylation sites (tertiary alicyclic amines) is 1. The summed E-state index contributed by atoms with van der Waals surface area (Å²) in [4.78, 5) is 25.0. The van der Waals surface area contributed by atoms with Crippen molar-refractivity contribution in [2.45, 2.75) is 82.3 Å². The van der Waals surface area contributed by atoms with E-state index in [1.165, 1.54) is 6.42 Å². The average Bonchev–Trinajstić information content (AvgIpc) is 3.61. The van der Waals surface area contributed by atoms with Gasteiger partial charge in [0, 0.05) is 30.3 Å². The van der Waals surface area contributed by atoms with Gasteiger partial charge in [-0.3, -0.25) is 9.69 Å². The Balaban J connectivity index is 1.41. The van der Waals surface area contributed by atoms with Crippen LogP contribution in [0.4, 0.5) is 0 Å². The van der Waals surface area contributed by atoms with Gasteiger partial charge in [-0.15, -0.1) is 0 Å². The molecule has 3 aromatic rings. The topological polar surface area (TPSA) is 99.2 Å². The van der Waals surface area contributed by atoms with E-state index in [0.717, 1.165) is 62.8 Å². The number of hydrogen-bond donors (Lipinski definition) is 0. The fraction of sp³-hybridized carbons (Fsp3) is 0.577. The number of carbonyl (C=O) groups excluding carboxylic acids is 1. The molecular weight excluding hydrogens is 524 g/mol. The number of likely N-dealkylation sites (N-methyl/N-ethyl adjacent to an activating group) is 1. The van der Waals surface area contributed by atoms with Crippen LogP contribution >= 0.6 is 15.9 Å². The number of nitrogens with zero attached hydrogens (tertiary/aromatic N) is 6. The number of Topliss-reactive ketones (excluding diaryl/α,β-unsaturated/α-hetero) is 1. The summed E-state index contributed by atoms with van der Waals surface area (Å²) in [5, 5.41) is 8.92. The van der Waals surface area contributed by atoms with Crippen LogP contribution in [0.5, 0.6) is 5.88 Å². The second-order valence-electron chi connectivity index (χ2n) is 10.4. The van der Waals surface area contributed by atoms with Gasteiger partial charge < -0.3 is 9.26 Å². The maximum Gasteiger partial charge on any atom is 0.219 e. The molecule has 2 aliphatic carbocycles. The third kappa shape index (κ3) is 4.08. The molecular formula is C26H31BrN6O3. The lowest BCUT2D eigenvalue weighted by Gasteiger charge is -2.36. The Morgan fingerprint density at radius 1 is 1.19 bits per heavy atom. The maximum absolute atomic E-state index is 13.1. The van der Waals surface area contributed by atoms with Gasteiger partial charge in [-0.25, -0.2) is 9.67 Å². The third-order valence-corrected chi connectivity index (χ3v) is 8.58. The minimum absolute atomic E-state index is 0.0354. The number of fused-ring (bicyclic) bond motifs is 2. The summed E-state index contributed by atoms with van der Waals surface area (Å²) in [6.45, 7) is 3.17. The first-order valence-electron chi connectivity index (χ1n) is 12.9. The number of rotatable bonds is 5. The van der Waals surface area contributed by atoms with Crippen molar-refractivity contribution in [3.05, 3.63) is 34.3 Å². The molecule has 0 N–H and O–H groups in total. The van der Waals surface area contributed by atoms with Gasteiger partial charge in [-0.1, -0.05) is 11.6 Å². The molecule has 36 heavy (non-hydrogen) atoms. The van der Waals surface area contributed by atoms with Gasteiger partial charge in [0.1, 0.15) is 16.5 Å². The SMILES string of the molecule is C[C@H](Oc1cc(-n2ccc(Br)n2)nc(-c2noc3c2CCC[C@@]32CCCCC2=O)n1)[C@@H]1CCCN1C. The molecule has 3 aliphatic rings. The van der Waals surface area contributed by atoms with Gasteiger partial charge in [-0.05, 0) is 87.5 Å². The van der Waals surface area contributed by atoms with E-state index in [0.29, 0.717) is 40.3 Å². The van der Waals surface area contributed by atoms with Gasteiger partial charge in [0.2, 0.25) is 5.88 Å². The van der Waals surface area contributed by atoms with E-state index in [1.807, 2.05) is 18.3 Å². The molecule has 6 rings (SSSR count). The molecule has 10 heteroatoms. The molecule has 0 amide bonds. The lowest BCUT2D eigenvalue weighted by molar-refractivity contribution is -0.128. The van der Waals surface area contributed by atoms with Crippen molar-refractivity contribution in [1.82, 2.24) is 29.8 Å². The molecule has 190 valence electrons. The van der Waals surface area contributed by atoms with Gasteiger partial charge in [0.25, 0.3) is 0 Å². The number of aromatic nitrogens is 5. The summed E-state index contributed by atoms with van der Waals surface area (Å²) in [6.07, 6.45) is 10.0. The van der Waals surface area contributed by atoms with Crippen LogP contribution in [0.2, 0.25) is 0 Å². The second kappa shape index (κ2) is 9.37. The van der Waals surface area contributed by atoms with E-state index in [4.69, 9.17) is 19.2 Å². The zero-order valence-electron chi connectivity index (χ0n) is 20.7. The van der Waals surface area contributed by atoms with Crippen molar-refractivity contribution in [2.75, 3.05) is 13.6 Å². The Labute approximate surface area is 218 Å². The smallest absolute Gasteiger partial charge is 0.219 e. The lowest BCUT2D eigenvalue weighted by atomic mass is 9.64. The number of halogens is 1. The molecule has 9 nitrogen and oxygen atoms in total. The summed E-state index contributed by atoms with van der Waals surface area (Å²) in [5.74, 6) is 2.51. The van der Waals surface area contributed by atoms with E-state index in [2.05, 4.69) is 45.1 Å². The highest BCUT2D eigenvalue weighted by molar-refractivity contribution is 9.10. The minimum Gasteiger partial charge on any atom is -0.473 e. The largest absolute Gasteiger partial charge is 0.473 e. The standard InChI is InChI=1S/C26H31BrN6O3/c1-16(18-8-6-13-32(18)2)35-22-15-21(33-14-10-20(27)30-33)28-25(29-22)23-17-7-5-12-26(24(17)36-31-23)11-4-3-9-19(26)34/h10,14-16,18H,3-9,11-13H2,1-2H3/t16-,18-,26+/m0/s1. The van der Waals surface area contributed by atoms with Crippen molar-refractivity contribution in [3.8, 4) is 23.2 Å². The number of carbonyl (C=O) groups is 1. The zero-order chi connectivity index (χ0) is 24.9. The van der Waals surface area contributed by atoms with Crippen molar-refractivity contribution < 1.29 is 14.1 Å². The summed E-state index contributed by atoms with van der Waals surface area (Å²) in [5.41, 5.74) is 1.03. The Kier molecular flexibility index (Phi) is 6.19. The minimum atomic E-state index is -0.539. The monoisotopic (exact) mass is 554 g/mol. The normalized spacial score (nSPS) is 25.3. The average molecular weight is 555 g/mol. The Bertz CT molecular complexity index is 1290. The first-order valence-corrected chi connectivity index (χ1v) is 13.7. The molecule has 1 saturated carbocycles. The predicted molar refractivity (Wildman–Crippen MR) is 136 cm³/mol. The molecule has 1 spiro atoms. The first-order chi connectivity index (χ1) is 17.4. The third-order valence-electron chi connectivity index (χ3n) is 8.16. The predicted octanol–water partition coefficient (Wildman–Crippen LogP) is 4.66. The molecule has 0 aromatic carbocycles. The van der Waals surface area contributed by atoms with Crippen LogP contribution in [0, 0.1) is 0 Å². The van der Waals surface area contributed by atoms with Crippen molar-refractivity contribution >= 4 is 21.7 Å². The summed E-state index contributed by atoms with van der Waals surface area (Å²) >= 11 is 3.42. The van der Waals surface area contributed by atoms with Crippen LogP contribution < -0.4 is 4.74 Å².